The number of carbonyl (C=O) groups excluding carboxylic acids is 1. The van der Waals surface area contributed by atoms with E-state index in [1.807, 2.05) is 18.2 Å². The molecular weight excluding hydrogens is 372 g/mol. The minimum atomic E-state index is -0.348. The maximum Gasteiger partial charge on any atom is 0.306 e. The Balaban J connectivity index is 1.27. The van der Waals surface area contributed by atoms with Crippen molar-refractivity contribution in [1.82, 2.24) is 10.1 Å². The summed E-state index contributed by atoms with van der Waals surface area (Å²) in [5, 5.41) is 4.50. The van der Waals surface area contributed by atoms with Crippen LogP contribution in [0, 0.1) is 0 Å². The van der Waals surface area contributed by atoms with Gasteiger partial charge in [-0.05, 0) is 48.4 Å². The zero-order valence-corrected chi connectivity index (χ0v) is 14.9. The summed E-state index contributed by atoms with van der Waals surface area (Å²) in [5.41, 5.74) is 1.74. The van der Waals surface area contributed by atoms with Gasteiger partial charge in [0.25, 0.3) is 5.89 Å². The van der Waals surface area contributed by atoms with Gasteiger partial charge >= 0.3 is 5.97 Å². The Hall–Kier alpha value is -3.06. The van der Waals surface area contributed by atoms with E-state index >= 15 is 0 Å². The molecule has 4 rings (SSSR count). The molecule has 1 aromatic heterocycles. The molecule has 0 atom stereocenters. The SMILES string of the molecule is O=C(CCc1ccc2c(c1)OCO2)OCc1nc(-c2ccc(Cl)cc2)no1. The fraction of sp³-hybridized carbons (Fsp3) is 0.211. The van der Waals surface area contributed by atoms with Gasteiger partial charge in [-0.3, -0.25) is 4.79 Å². The first-order valence-electron chi connectivity index (χ1n) is 8.30. The predicted molar refractivity (Wildman–Crippen MR) is 95.4 cm³/mol. The van der Waals surface area contributed by atoms with Crippen LogP contribution in [0.5, 0.6) is 11.5 Å². The Bertz CT molecular complexity index is 955. The van der Waals surface area contributed by atoms with Crippen molar-refractivity contribution in [3.63, 3.8) is 0 Å². The van der Waals surface area contributed by atoms with Gasteiger partial charge < -0.3 is 18.7 Å². The number of carbonyl (C=O) groups is 1. The smallest absolute Gasteiger partial charge is 0.306 e. The number of aromatic nitrogens is 2. The van der Waals surface area contributed by atoms with Gasteiger partial charge in [0, 0.05) is 17.0 Å². The van der Waals surface area contributed by atoms with Crippen LogP contribution in [0.3, 0.4) is 0 Å². The molecule has 0 saturated heterocycles. The lowest BCUT2D eigenvalue weighted by Gasteiger charge is -2.03. The van der Waals surface area contributed by atoms with Crippen LogP contribution in [0.1, 0.15) is 17.9 Å². The quantitative estimate of drug-likeness (QED) is 0.596. The Morgan fingerprint density at radius 3 is 2.78 bits per heavy atom. The number of aryl methyl sites for hydroxylation is 1. The molecule has 0 bridgehead atoms. The molecule has 3 aromatic rings. The van der Waals surface area contributed by atoms with Crippen molar-refractivity contribution in [3.05, 3.63) is 58.9 Å². The molecule has 0 spiro atoms. The number of esters is 1. The van der Waals surface area contributed by atoms with Crippen LogP contribution in [0.4, 0.5) is 0 Å². The van der Waals surface area contributed by atoms with Crippen LogP contribution in [0.25, 0.3) is 11.4 Å². The molecule has 0 fully saturated rings. The summed E-state index contributed by atoms with van der Waals surface area (Å²) in [6, 6.07) is 12.7. The highest BCUT2D eigenvalue weighted by atomic mass is 35.5. The number of benzene rings is 2. The molecule has 0 N–H and O–H groups in total. The maximum absolute atomic E-state index is 12.0. The fourth-order valence-corrected chi connectivity index (χ4v) is 2.71. The van der Waals surface area contributed by atoms with Crippen LogP contribution < -0.4 is 9.47 Å². The van der Waals surface area contributed by atoms with Crippen LogP contribution in [-0.4, -0.2) is 22.9 Å². The zero-order valence-electron chi connectivity index (χ0n) is 14.2. The highest BCUT2D eigenvalue weighted by Crippen LogP contribution is 2.32. The number of hydrogen-bond acceptors (Lipinski definition) is 7. The molecule has 0 unspecified atom stereocenters. The second-order valence-corrected chi connectivity index (χ2v) is 6.30. The Kier molecular flexibility index (Phi) is 4.93. The average Bonchev–Trinajstić information content (AvgIpc) is 3.34. The molecule has 2 aromatic carbocycles. The van der Waals surface area contributed by atoms with Gasteiger partial charge in [-0.25, -0.2) is 0 Å². The van der Waals surface area contributed by atoms with Crippen molar-refractivity contribution in [3.8, 4) is 22.9 Å². The monoisotopic (exact) mass is 386 g/mol. The minimum Gasteiger partial charge on any atom is -0.456 e. The molecule has 1 aliphatic rings. The van der Waals surface area contributed by atoms with Crippen molar-refractivity contribution < 1.29 is 23.5 Å². The molecule has 2 heterocycles. The first-order chi connectivity index (χ1) is 13.2. The number of ether oxygens (including phenoxy) is 3. The average molecular weight is 387 g/mol. The van der Waals surface area contributed by atoms with Crippen molar-refractivity contribution in [2.24, 2.45) is 0 Å². The van der Waals surface area contributed by atoms with E-state index < -0.39 is 0 Å². The van der Waals surface area contributed by atoms with Gasteiger partial charge in [-0.1, -0.05) is 22.8 Å². The molecule has 0 aliphatic carbocycles. The highest BCUT2D eigenvalue weighted by Gasteiger charge is 2.15. The molecule has 7 nitrogen and oxygen atoms in total. The minimum absolute atomic E-state index is 0.0689. The Morgan fingerprint density at radius 2 is 1.93 bits per heavy atom. The second kappa shape index (κ2) is 7.67. The van der Waals surface area contributed by atoms with Gasteiger partial charge in [-0.15, -0.1) is 0 Å². The maximum atomic E-state index is 12.0. The Morgan fingerprint density at radius 1 is 1.11 bits per heavy atom. The second-order valence-electron chi connectivity index (χ2n) is 5.87. The van der Waals surface area contributed by atoms with Gasteiger partial charge in [-0.2, -0.15) is 4.98 Å². The van der Waals surface area contributed by atoms with Crippen LogP contribution >= 0.6 is 11.6 Å². The summed E-state index contributed by atoms with van der Waals surface area (Å²) in [6.07, 6.45) is 0.771. The summed E-state index contributed by atoms with van der Waals surface area (Å²) in [4.78, 5) is 16.2. The Labute approximate surface area is 159 Å². The molecule has 27 heavy (non-hydrogen) atoms. The normalized spacial score (nSPS) is 12.2. The van der Waals surface area contributed by atoms with Crippen LogP contribution in [-0.2, 0) is 22.6 Å². The van der Waals surface area contributed by atoms with E-state index in [9.17, 15) is 4.79 Å². The van der Waals surface area contributed by atoms with E-state index in [4.69, 9.17) is 30.3 Å². The topological polar surface area (TPSA) is 83.7 Å². The van der Waals surface area contributed by atoms with E-state index in [0.717, 1.165) is 11.1 Å². The third-order valence-electron chi connectivity index (χ3n) is 3.98. The summed E-state index contributed by atoms with van der Waals surface area (Å²) >= 11 is 5.86. The lowest BCUT2D eigenvalue weighted by molar-refractivity contribution is -0.145. The summed E-state index contributed by atoms with van der Waals surface area (Å²) in [6.45, 7) is 0.156. The van der Waals surface area contributed by atoms with E-state index in [1.165, 1.54) is 0 Å². The van der Waals surface area contributed by atoms with Gasteiger partial charge in [0.05, 0.1) is 0 Å². The standard InChI is InChI=1S/C19H15ClN2O5/c20-14-5-3-13(4-6-14)19-21-17(27-22-19)10-24-18(23)8-2-12-1-7-15-16(9-12)26-11-25-15/h1,3-7,9H,2,8,10-11H2. The third kappa shape index (κ3) is 4.20. The lowest BCUT2D eigenvalue weighted by Crippen LogP contribution is -2.06. The number of nitrogens with zero attached hydrogens (tertiary/aromatic N) is 2. The van der Waals surface area contributed by atoms with E-state index in [0.29, 0.717) is 28.8 Å². The van der Waals surface area contributed by atoms with Gasteiger partial charge in [0.2, 0.25) is 12.6 Å². The third-order valence-corrected chi connectivity index (χ3v) is 4.23. The van der Waals surface area contributed by atoms with E-state index in [1.54, 1.807) is 24.3 Å². The molecule has 1 aliphatic heterocycles. The first kappa shape index (κ1) is 17.4. The summed E-state index contributed by atoms with van der Waals surface area (Å²) in [5.74, 6) is 1.71. The van der Waals surface area contributed by atoms with E-state index in [-0.39, 0.29) is 31.7 Å². The fourth-order valence-electron chi connectivity index (χ4n) is 2.59. The largest absolute Gasteiger partial charge is 0.456 e. The molecule has 0 saturated carbocycles. The van der Waals surface area contributed by atoms with Gasteiger partial charge in [0.15, 0.2) is 18.1 Å². The van der Waals surface area contributed by atoms with Crippen LogP contribution in [0.2, 0.25) is 5.02 Å². The lowest BCUT2D eigenvalue weighted by atomic mass is 10.1. The van der Waals surface area contributed by atoms with Crippen molar-refractivity contribution in [2.75, 3.05) is 6.79 Å². The highest BCUT2D eigenvalue weighted by molar-refractivity contribution is 6.30. The van der Waals surface area contributed by atoms with Crippen molar-refractivity contribution in [1.29, 1.82) is 0 Å². The molecule has 138 valence electrons. The first-order valence-corrected chi connectivity index (χ1v) is 8.68. The number of halogens is 1. The molecule has 0 radical (unpaired) electrons. The van der Waals surface area contributed by atoms with Gasteiger partial charge in [0.1, 0.15) is 0 Å². The number of hydrogen-bond donors (Lipinski definition) is 0. The van der Waals surface area contributed by atoms with Crippen molar-refractivity contribution >= 4 is 17.6 Å². The van der Waals surface area contributed by atoms with E-state index in [2.05, 4.69) is 10.1 Å². The molecular formula is C19H15ClN2O5. The molecule has 8 heteroatoms. The van der Waals surface area contributed by atoms with Crippen LogP contribution in [0.15, 0.2) is 47.0 Å². The number of rotatable bonds is 6. The summed E-state index contributed by atoms with van der Waals surface area (Å²) in [7, 11) is 0. The molecule has 0 amide bonds. The zero-order chi connectivity index (χ0) is 18.6. The summed E-state index contributed by atoms with van der Waals surface area (Å²) < 4.78 is 20.9. The predicted octanol–water partition coefficient (Wildman–Crippen LogP) is 3.79. The number of fused-ring (bicyclic) bond motifs is 1. The van der Waals surface area contributed by atoms with Crippen molar-refractivity contribution in [2.45, 2.75) is 19.4 Å².